The zero-order valence-corrected chi connectivity index (χ0v) is 18.6. The fourth-order valence-electron chi connectivity index (χ4n) is 3.93. The molecule has 2 aromatic rings. The lowest BCUT2D eigenvalue weighted by Crippen LogP contribution is -2.46. The summed E-state index contributed by atoms with van der Waals surface area (Å²) in [6.07, 6.45) is 9.31. The fourth-order valence-corrected chi connectivity index (χ4v) is 3.93. The lowest BCUT2D eigenvalue weighted by atomic mass is 10.00. The van der Waals surface area contributed by atoms with Crippen LogP contribution in [0.15, 0.2) is 84.4 Å². The number of rotatable bonds is 5. The molecule has 0 saturated heterocycles. The van der Waals surface area contributed by atoms with Crippen LogP contribution in [0, 0.1) is 0 Å². The van der Waals surface area contributed by atoms with Crippen molar-refractivity contribution >= 4 is 11.8 Å². The van der Waals surface area contributed by atoms with E-state index in [0.29, 0.717) is 31.5 Å². The largest absolute Gasteiger partial charge is 0.348 e. The Bertz CT molecular complexity index is 1020. The maximum Gasteiger partial charge on any atom is 0.244 e. The average molecular weight is 436 g/mol. The van der Waals surface area contributed by atoms with E-state index in [1.54, 1.807) is 11.0 Å². The van der Waals surface area contributed by atoms with E-state index in [0.717, 1.165) is 11.3 Å². The minimum Gasteiger partial charge on any atom is -0.348 e. The Labute approximate surface area is 188 Å². The van der Waals surface area contributed by atoms with Crippen molar-refractivity contribution in [2.24, 2.45) is 0 Å². The zero-order valence-electron chi connectivity index (χ0n) is 18.6. The lowest BCUT2D eigenvalue weighted by Gasteiger charge is -2.37. The third kappa shape index (κ3) is 5.44. The van der Waals surface area contributed by atoms with Gasteiger partial charge in [0.2, 0.25) is 11.8 Å². The summed E-state index contributed by atoms with van der Waals surface area (Å²) in [6, 6.07) is 13.7. The van der Waals surface area contributed by atoms with Crippen molar-refractivity contribution in [2.75, 3.05) is 13.1 Å². The highest BCUT2D eigenvalue weighted by Gasteiger charge is 2.31. The van der Waals surface area contributed by atoms with E-state index in [2.05, 4.69) is 9.88 Å². The number of halogens is 1. The van der Waals surface area contributed by atoms with Crippen molar-refractivity contribution in [2.45, 2.75) is 39.3 Å². The molecule has 32 heavy (non-hydrogen) atoms. The molecule has 1 unspecified atom stereocenters. The Balaban J connectivity index is 0.00000141. The summed E-state index contributed by atoms with van der Waals surface area (Å²) in [4.78, 5) is 26.9. The molecule has 1 aliphatic heterocycles. The molecule has 1 atom stereocenters. The second-order valence-corrected chi connectivity index (χ2v) is 7.38. The number of hydrogen-bond acceptors (Lipinski definition) is 2. The third-order valence-electron chi connectivity index (χ3n) is 5.44. The highest BCUT2D eigenvalue weighted by atomic mass is 19.1. The summed E-state index contributed by atoms with van der Waals surface area (Å²) in [7, 11) is 0. The maximum atomic E-state index is 13.7. The standard InChI is InChI=1S/C24H24FN3O2.C2H6/c25-20-10-5-4-7-18(20)12-13-22(29)26-17-23(30)28-16-15-27-14-6-11-21(27)24(28)19-8-2-1-3-9-19;1-2/h1-4,6-9,11-14,24H,5,10,15-17H2,(H,26,29);1-2H3/b13-12+;. The number of nitrogens with one attached hydrogen (secondary N) is 1. The topological polar surface area (TPSA) is 54.3 Å². The van der Waals surface area contributed by atoms with E-state index < -0.39 is 5.91 Å². The van der Waals surface area contributed by atoms with Gasteiger partial charge in [-0.05, 0) is 30.2 Å². The van der Waals surface area contributed by atoms with Gasteiger partial charge in [0, 0.05) is 43.1 Å². The molecular weight excluding hydrogens is 405 g/mol. The van der Waals surface area contributed by atoms with Gasteiger partial charge in [-0.25, -0.2) is 4.39 Å². The van der Waals surface area contributed by atoms with Gasteiger partial charge in [-0.1, -0.05) is 56.3 Å². The van der Waals surface area contributed by atoms with E-state index in [1.807, 2.05) is 68.6 Å². The van der Waals surface area contributed by atoms with Gasteiger partial charge in [-0.2, -0.15) is 0 Å². The number of hydrogen-bond donors (Lipinski definition) is 1. The van der Waals surface area contributed by atoms with Gasteiger partial charge < -0.3 is 14.8 Å². The van der Waals surface area contributed by atoms with Crippen molar-refractivity contribution in [3.8, 4) is 0 Å². The molecule has 2 amide bonds. The molecule has 6 heteroatoms. The number of carbonyl (C=O) groups is 2. The molecule has 0 radical (unpaired) electrons. The van der Waals surface area contributed by atoms with E-state index in [4.69, 9.17) is 0 Å². The van der Waals surface area contributed by atoms with Crippen molar-refractivity contribution in [3.05, 3.63) is 95.6 Å². The number of aromatic nitrogens is 1. The molecule has 2 heterocycles. The zero-order chi connectivity index (χ0) is 22.9. The molecule has 4 rings (SSSR count). The summed E-state index contributed by atoms with van der Waals surface area (Å²) >= 11 is 0. The molecule has 5 nitrogen and oxygen atoms in total. The van der Waals surface area contributed by atoms with E-state index in [1.165, 1.54) is 12.2 Å². The molecular formula is C26H30FN3O2. The Morgan fingerprint density at radius 1 is 1.12 bits per heavy atom. The van der Waals surface area contributed by atoms with Crippen molar-refractivity contribution in [1.82, 2.24) is 14.8 Å². The van der Waals surface area contributed by atoms with Crippen LogP contribution in [0.2, 0.25) is 0 Å². The second kappa shape index (κ2) is 11.3. The van der Waals surface area contributed by atoms with Gasteiger partial charge in [0.05, 0.1) is 12.6 Å². The molecule has 1 aromatic carbocycles. The minimum absolute atomic E-state index is 0.107. The van der Waals surface area contributed by atoms with Crippen LogP contribution >= 0.6 is 0 Å². The van der Waals surface area contributed by atoms with Crippen LogP contribution in [0.3, 0.4) is 0 Å². The molecule has 0 saturated carbocycles. The predicted molar refractivity (Wildman–Crippen MR) is 124 cm³/mol. The Kier molecular flexibility index (Phi) is 8.20. The number of amides is 2. The summed E-state index contributed by atoms with van der Waals surface area (Å²) in [5.41, 5.74) is 2.49. The van der Waals surface area contributed by atoms with Crippen LogP contribution in [0.25, 0.3) is 0 Å². The summed E-state index contributed by atoms with van der Waals surface area (Å²) in [5, 5.41) is 2.63. The molecule has 1 N–H and O–H groups in total. The lowest BCUT2D eigenvalue weighted by molar-refractivity contribution is -0.134. The monoisotopic (exact) mass is 435 g/mol. The summed E-state index contributed by atoms with van der Waals surface area (Å²) < 4.78 is 15.9. The van der Waals surface area contributed by atoms with Crippen LogP contribution in [-0.4, -0.2) is 34.4 Å². The third-order valence-corrected chi connectivity index (χ3v) is 5.44. The Morgan fingerprint density at radius 2 is 1.91 bits per heavy atom. The molecule has 2 aliphatic rings. The number of allylic oxidation sites excluding steroid dienone is 5. The Morgan fingerprint density at radius 3 is 2.66 bits per heavy atom. The van der Waals surface area contributed by atoms with Crippen LogP contribution in [0.4, 0.5) is 4.39 Å². The van der Waals surface area contributed by atoms with Crippen LogP contribution in [-0.2, 0) is 16.1 Å². The number of nitrogens with zero attached hydrogens (tertiary/aromatic N) is 2. The first-order chi connectivity index (χ1) is 15.6. The summed E-state index contributed by atoms with van der Waals surface area (Å²) in [6.45, 7) is 5.17. The smallest absolute Gasteiger partial charge is 0.244 e. The van der Waals surface area contributed by atoms with E-state index in [-0.39, 0.29) is 24.3 Å². The van der Waals surface area contributed by atoms with E-state index in [9.17, 15) is 14.0 Å². The highest BCUT2D eigenvalue weighted by molar-refractivity contribution is 5.91. The minimum atomic E-state index is -0.417. The molecule has 0 bridgehead atoms. The van der Waals surface area contributed by atoms with Crippen LogP contribution in [0.5, 0.6) is 0 Å². The Hall–Kier alpha value is -3.41. The first kappa shape index (κ1) is 23.3. The summed E-state index contributed by atoms with van der Waals surface area (Å²) in [5.74, 6) is -0.792. The second-order valence-electron chi connectivity index (χ2n) is 7.38. The van der Waals surface area contributed by atoms with Gasteiger partial charge in [-0.15, -0.1) is 0 Å². The quantitative estimate of drug-likeness (QED) is 0.693. The van der Waals surface area contributed by atoms with Gasteiger partial charge in [0.1, 0.15) is 5.83 Å². The first-order valence-corrected chi connectivity index (χ1v) is 11.1. The highest BCUT2D eigenvalue weighted by Crippen LogP contribution is 2.32. The van der Waals surface area contributed by atoms with Crippen LogP contribution in [0.1, 0.15) is 44.0 Å². The molecule has 0 fully saturated rings. The maximum absolute atomic E-state index is 13.7. The first-order valence-electron chi connectivity index (χ1n) is 11.1. The van der Waals surface area contributed by atoms with Gasteiger partial charge >= 0.3 is 0 Å². The fraction of sp³-hybridized carbons (Fsp3) is 0.308. The SMILES string of the molecule is CC.O=C(/C=C/C1=C(F)CCC=C1)NCC(=O)N1CCn2cccc2C1c1ccccc1. The van der Waals surface area contributed by atoms with E-state index >= 15 is 0 Å². The molecule has 168 valence electrons. The number of carbonyl (C=O) groups excluding carboxylic acids is 2. The number of benzene rings is 1. The molecule has 1 aromatic heterocycles. The van der Waals surface area contributed by atoms with Crippen molar-refractivity contribution in [1.29, 1.82) is 0 Å². The normalized spacial score (nSPS) is 17.6. The predicted octanol–water partition coefficient (Wildman–Crippen LogP) is 4.69. The van der Waals surface area contributed by atoms with Crippen LogP contribution < -0.4 is 5.32 Å². The molecule has 0 spiro atoms. The average Bonchev–Trinajstić information content (AvgIpc) is 3.32. The van der Waals surface area contributed by atoms with Gasteiger partial charge in [-0.3, -0.25) is 9.59 Å². The molecule has 1 aliphatic carbocycles. The van der Waals surface area contributed by atoms with Gasteiger partial charge in [0.25, 0.3) is 0 Å². The van der Waals surface area contributed by atoms with Crippen molar-refractivity contribution < 1.29 is 14.0 Å². The number of fused-ring (bicyclic) bond motifs is 1. The van der Waals surface area contributed by atoms with Gasteiger partial charge in [0.15, 0.2) is 0 Å². The van der Waals surface area contributed by atoms with Crippen molar-refractivity contribution in [3.63, 3.8) is 0 Å².